The maximum atomic E-state index is 11.4. The standard InChI is InChI=1S/C16H20N4O2/c1-22-16(21)19-13-6-5-12-4-2-3-7-20(15(12)8-13)10-14-9-17-11-18-14/h5-6,8-9,11H,2-4,7,10H2,1H3,(H,17,18)(H,19,21). The maximum absolute atomic E-state index is 11.4. The van der Waals surface area contributed by atoms with Crippen molar-refractivity contribution >= 4 is 17.5 Å². The number of hydrogen-bond donors (Lipinski definition) is 2. The highest BCUT2D eigenvalue weighted by molar-refractivity contribution is 5.85. The van der Waals surface area contributed by atoms with Gasteiger partial charge in [-0.15, -0.1) is 0 Å². The third kappa shape index (κ3) is 3.21. The smallest absolute Gasteiger partial charge is 0.411 e. The molecular formula is C16H20N4O2. The minimum Gasteiger partial charge on any atom is -0.453 e. The van der Waals surface area contributed by atoms with Crippen molar-refractivity contribution in [3.05, 3.63) is 42.0 Å². The SMILES string of the molecule is COC(=O)Nc1ccc2c(c1)N(Cc1c[nH]cn1)CCCC2. The van der Waals surface area contributed by atoms with Crippen LogP contribution in [0.1, 0.15) is 24.1 Å². The van der Waals surface area contributed by atoms with Crippen molar-refractivity contribution in [3.63, 3.8) is 0 Å². The van der Waals surface area contributed by atoms with E-state index < -0.39 is 6.09 Å². The van der Waals surface area contributed by atoms with Crippen LogP contribution in [0.25, 0.3) is 0 Å². The molecule has 0 atom stereocenters. The highest BCUT2D eigenvalue weighted by atomic mass is 16.5. The Morgan fingerprint density at radius 3 is 3.14 bits per heavy atom. The predicted molar refractivity (Wildman–Crippen MR) is 85.0 cm³/mol. The first-order valence-electron chi connectivity index (χ1n) is 7.47. The van der Waals surface area contributed by atoms with Crippen LogP contribution in [0.2, 0.25) is 0 Å². The number of benzene rings is 1. The average molecular weight is 300 g/mol. The van der Waals surface area contributed by atoms with Crippen molar-refractivity contribution < 1.29 is 9.53 Å². The number of nitrogens with zero attached hydrogens (tertiary/aromatic N) is 2. The summed E-state index contributed by atoms with van der Waals surface area (Å²) in [5, 5.41) is 2.73. The van der Waals surface area contributed by atoms with Gasteiger partial charge in [-0.1, -0.05) is 6.07 Å². The normalized spacial score (nSPS) is 14.1. The molecule has 3 rings (SSSR count). The molecule has 2 aromatic rings. The van der Waals surface area contributed by atoms with Crippen LogP contribution < -0.4 is 10.2 Å². The number of aryl methyl sites for hydroxylation is 1. The number of H-pyrrole nitrogens is 1. The van der Waals surface area contributed by atoms with Crippen molar-refractivity contribution in [2.75, 3.05) is 23.9 Å². The van der Waals surface area contributed by atoms with E-state index in [0.717, 1.165) is 43.0 Å². The quantitative estimate of drug-likeness (QED) is 0.914. The predicted octanol–water partition coefficient (Wildman–Crippen LogP) is 2.93. The monoisotopic (exact) mass is 300 g/mol. The van der Waals surface area contributed by atoms with Gasteiger partial charge in [0.25, 0.3) is 0 Å². The molecule has 0 aliphatic carbocycles. The van der Waals surface area contributed by atoms with Crippen LogP contribution in [0.15, 0.2) is 30.7 Å². The summed E-state index contributed by atoms with van der Waals surface area (Å²) in [4.78, 5) is 21.0. The highest BCUT2D eigenvalue weighted by Crippen LogP contribution is 2.30. The summed E-state index contributed by atoms with van der Waals surface area (Å²) in [6, 6.07) is 6.03. The first-order valence-corrected chi connectivity index (χ1v) is 7.47. The number of nitrogens with one attached hydrogen (secondary N) is 2. The lowest BCUT2D eigenvalue weighted by molar-refractivity contribution is 0.187. The molecule has 1 aromatic carbocycles. The van der Waals surface area contributed by atoms with Crippen molar-refractivity contribution in [2.45, 2.75) is 25.8 Å². The Hall–Kier alpha value is -2.50. The second-order valence-corrected chi connectivity index (χ2v) is 5.40. The van der Waals surface area contributed by atoms with Gasteiger partial charge in [-0.25, -0.2) is 9.78 Å². The zero-order valence-electron chi connectivity index (χ0n) is 12.6. The fourth-order valence-electron chi connectivity index (χ4n) is 2.79. The summed E-state index contributed by atoms with van der Waals surface area (Å²) in [5.41, 5.74) is 4.23. The van der Waals surface area contributed by atoms with E-state index >= 15 is 0 Å². The van der Waals surface area contributed by atoms with Gasteiger partial charge in [0, 0.05) is 24.1 Å². The Balaban J connectivity index is 1.87. The number of ether oxygens (including phenoxy) is 1. The number of hydrogen-bond acceptors (Lipinski definition) is 4. The van der Waals surface area contributed by atoms with E-state index in [-0.39, 0.29) is 0 Å². The molecule has 116 valence electrons. The second-order valence-electron chi connectivity index (χ2n) is 5.40. The second kappa shape index (κ2) is 6.51. The molecule has 0 saturated heterocycles. The molecule has 2 heterocycles. The molecular weight excluding hydrogens is 280 g/mol. The Morgan fingerprint density at radius 2 is 2.36 bits per heavy atom. The third-order valence-electron chi connectivity index (χ3n) is 3.89. The number of fused-ring (bicyclic) bond motifs is 1. The van der Waals surface area contributed by atoms with Crippen molar-refractivity contribution in [1.82, 2.24) is 9.97 Å². The lowest BCUT2D eigenvalue weighted by Gasteiger charge is -2.24. The van der Waals surface area contributed by atoms with Crippen molar-refractivity contribution in [3.8, 4) is 0 Å². The lowest BCUT2D eigenvalue weighted by Crippen LogP contribution is -2.24. The number of amides is 1. The van der Waals surface area contributed by atoms with Crippen LogP contribution in [0, 0.1) is 0 Å². The zero-order valence-corrected chi connectivity index (χ0v) is 12.6. The number of aromatic amines is 1. The summed E-state index contributed by atoms with van der Waals surface area (Å²) < 4.78 is 4.66. The van der Waals surface area contributed by atoms with Crippen LogP contribution in [-0.4, -0.2) is 29.7 Å². The van der Waals surface area contributed by atoms with Crippen LogP contribution in [-0.2, 0) is 17.7 Å². The lowest BCUT2D eigenvalue weighted by atomic mass is 10.1. The van der Waals surface area contributed by atoms with E-state index in [1.54, 1.807) is 6.33 Å². The molecule has 1 aliphatic rings. The maximum Gasteiger partial charge on any atom is 0.411 e. The molecule has 2 N–H and O–H groups in total. The molecule has 1 amide bonds. The average Bonchev–Trinajstić information content (AvgIpc) is 2.96. The van der Waals surface area contributed by atoms with Gasteiger partial charge in [0.05, 0.1) is 25.7 Å². The molecule has 0 spiro atoms. The van der Waals surface area contributed by atoms with E-state index in [1.807, 2.05) is 18.3 Å². The Kier molecular flexibility index (Phi) is 4.27. The fraction of sp³-hybridized carbons (Fsp3) is 0.375. The Morgan fingerprint density at radius 1 is 1.45 bits per heavy atom. The molecule has 0 saturated carbocycles. The number of aromatic nitrogens is 2. The highest BCUT2D eigenvalue weighted by Gasteiger charge is 2.17. The summed E-state index contributed by atoms with van der Waals surface area (Å²) in [6.07, 6.45) is 6.55. The van der Waals surface area contributed by atoms with Crippen LogP contribution >= 0.6 is 0 Å². The largest absolute Gasteiger partial charge is 0.453 e. The van der Waals surface area contributed by atoms with Gasteiger partial charge in [0.15, 0.2) is 0 Å². The molecule has 0 bridgehead atoms. The molecule has 1 aliphatic heterocycles. The molecule has 0 fully saturated rings. The van der Waals surface area contributed by atoms with Gasteiger partial charge in [-0.05, 0) is 37.0 Å². The van der Waals surface area contributed by atoms with Gasteiger partial charge in [-0.3, -0.25) is 5.32 Å². The van der Waals surface area contributed by atoms with Gasteiger partial charge < -0.3 is 14.6 Å². The minimum atomic E-state index is -0.451. The summed E-state index contributed by atoms with van der Waals surface area (Å²) in [7, 11) is 1.36. The number of carbonyl (C=O) groups is 1. The number of rotatable bonds is 3. The number of imidazole rings is 1. The van der Waals surface area contributed by atoms with Crippen LogP contribution in [0.4, 0.5) is 16.2 Å². The third-order valence-corrected chi connectivity index (χ3v) is 3.89. The van der Waals surface area contributed by atoms with E-state index in [2.05, 4.69) is 31.0 Å². The molecule has 0 unspecified atom stereocenters. The zero-order chi connectivity index (χ0) is 15.4. The first-order chi connectivity index (χ1) is 10.8. The fourth-order valence-corrected chi connectivity index (χ4v) is 2.79. The summed E-state index contributed by atoms with van der Waals surface area (Å²) in [5.74, 6) is 0. The molecule has 1 aromatic heterocycles. The Bertz CT molecular complexity index is 640. The number of methoxy groups -OCH3 is 1. The van der Waals surface area contributed by atoms with Crippen molar-refractivity contribution in [1.29, 1.82) is 0 Å². The molecule has 22 heavy (non-hydrogen) atoms. The van der Waals surface area contributed by atoms with Gasteiger partial charge >= 0.3 is 6.09 Å². The summed E-state index contributed by atoms with van der Waals surface area (Å²) in [6.45, 7) is 1.75. The molecule has 6 heteroatoms. The van der Waals surface area contributed by atoms with E-state index in [9.17, 15) is 4.79 Å². The molecule has 6 nitrogen and oxygen atoms in total. The van der Waals surface area contributed by atoms with Crippen LogP contribution in [0.3, 0.4) is 0 Å². The number of carbonyl (C=O) groups excluding carboxylic acids is 1. The topological polar surface area (TPSA) is 70.2 Å². The number of anilines is 2. The van der Waals surface area contributed by atoms with Crippen molar-refractivity contribution in [2.24, 2.45) is 0 Å². The van der Waals surface area contributed by atoms with Gasteiger partial charge in [0.2, 0.25) is 0 Å². The van der Waals surface area contributed by atoms with E-state index in [4.69, 9.17) is 0 Å². The van der Waals surface area contributed by atoms with E-state index in [0.29, 0.717) is 0 Å². The minimum absolute atomic E-state index is 0.451. The summed E-state index contributed by atoms with van der Waals surface area (Å²) >= 11 is 0. The molecule has 0 radical (unpaired) electrons. The van der Waals surface area contributed by atoms with Crippen LogP contribution in [0.5, 0.6) is 0 Å². The van der Waals surface area contributed by atoms with Gasteiger partial charge in [0.1, 0.15) is 0 Å². The first kappa shape index (κ1) is 14.4. The van der Waals surface area contributed by atoms with E-state index in [1.165, 1.54) is 19.1 Å². The Labute approximate surface area is 129 Å². The van der Waals surface area contributed by atoms with Gasteiger partial charge in [-0.2, -0.15) is 0 Å².